The molecule has 0 N–H and O–H groups in total. The molecular formula is C12H10Br2. The van der Waals surface area contributed by atoms with E-state index in [9.17, 15) is 0 Å². The number of hydrogen-bond donors (Lipinski definition) is 0. The van der Waals surface area contributed by atoms with E-state index in [-0.39, 0.29) is 0 Å². The minimum absolute atomic E-state index is 0.714. The molecule has 0 heterocycles. The third-order valence-corrected chi connectivity index (χ3v) is 6.63. The fraction of sp³-hybridized carbons (Fsp3) is 0.500. The minimum Gasteiger partial charge on any atom is -0.0880 e. The van der Waals surface area contributed by atoms with Crippen LogP contribution in [0, 0.1) is 11.8 Å². The lowest BCUT2D eigenvalue weighted by Crippen LogP contribution is -2.26. The highest BCUT2D eigenvalue weighted by Crippen LogP contribution is 2.75. The molecule has 14 heavy (non-hydrogen) atoms. The molecule has 1 aromatic rings. The molecule has 0 aromatic heterocycles. The van der Waals surface area contributed by atoms with Crippen LogP contribution in [0.2, 0.25) is 0 Å². The van der Waals surface area contributed by atoms with Gasteiger partial charge in [0, 0.05) is 15.6 Å². The van der Waals surface area contributed by atoms with Crippen LogP contribution in [-0.2, 0) is 0 Å². The Morgan fingerprint density at radius 1 is 0.786 bits per heavy atom. The number of halogens is 2. The smallest absolute Gasteiger partial charge is 0.0262 e. The van der Waals surface area contributed by atoms with Crippen molar-refractivity contribution in [3.63, 3.8) is 0 Å². The number of hydrogen-bond acceptors (Lipinski definition) is 0. The van der Waals surface area contributed by atoms with E-state index in [2.05, 4.69) is 56.1 Å². The third kappa shape index (κ3) is 0.746. The highest BCUT2D eigenvalue weighted by atomic mass is 79.9. The second-order valence-electron chi connectivity index (χ2n) is 4.72. The second kappa shape index (κ2) is 2.46. The molecule has 0 amide bonds. The van der Waals surface area contributed by atoms with Crippen molar-refractivity contribution in [2.24, 2.45) is 11.8 Å². The first-order valence-corrected chi connectivity index (χ1v) is 7.01. The van der Waals surface area contributed by atoms with Gasteiger partial charge in [-0.05, 0) is 28.9 Å². The van der Waals surface area contributed by atoms with E-state index < -0.39 is 0 Å². The van der Waals surface area contributed by atoms with Crippen molar-refractivity contribution in [1.29, 1.82) is 0 Å². The Labute approximate surface area is 100 Å². The SMILES string of the molecule is Br[C@@H]1C2C3c4ccccc4C1[C@@H](Br)C32. The molecule has 2 saturated carbocycles. The van der Waals surface area contributed by atoms with Crippen LogP contribution in [0.25, 0.3) is 0 Å². The first-order valence-electron chi connectivity index (χ1n) is 5.17. The predicted molar refractivity (Wildman–Crippen MR) is 64.3 cm³/mol. The van der Waals surface area contributed by atoms with Crippen LogP contribution < -0.4 is 0 Å². The van der Waals surface area contributed by atoms with E-state index in [1.165, 1.54) is 0 Å². The molecule has 0 aliphatic heterocycles. The first kappa shape index (κ1) is 8.35. The maximum Gasteiger partial charge on any atom is 0.0262 e. The topological polar surface area (TPSA) is 0 Å². The molecule has 0 nitrogen and oxygen atoms in total. The first-order chi connectivity index (χ1) is 6.80. The van der Waals surface area contributed by atoms with Crippen molar-refractivity contribution in [1.82, 2.24) is 0 Å². The highest BCUT2D eigenvalue weighted by molar-refractivity contribution is 9.10. The van der Waals surface area contributed by atoms with Gasteiger partial charge in [-0.2, -0.15) is 0 Å². The normalized spacial score (nSPS) is 51.6. The lowest BCUT2D eigenvalue weighted by Gasteiger charge is -2.32. The van der Waals surface area contributed by atoms with E-state index in [0.29, 0.717) is 5.92 Å². The van der Waals surface area contributed by atoms with E-state index >= 15 is 0 Å². The monoisotopic (exact) mass is 312 g/mol. The molecule has 4 aliphatic rings. The summed E-state index contributed by atoms with van der Waals surface area (Å²) < 4.78 is 0. The van der Waals surface area contributed by atoms with Gasteiger partial charge in [0.25, 0.3) is 0 Å². The van der Waals surface area contributed by atoms with Gasteiger partial charge in [-0.25, -0.2) is 0 Å². The van der Waals surface area contributed by atoms with Crippen LogP contribution in [0.3, 0.4) is 0 Å². The Balaban J connectivity index is 1.99. The molecule has 5 rings (SSSR count). The van der Waals surface area contributed by atoms with E-state index in [1.807, 2.05) is 0 Å². The number of benzene rings is 1. The Bertz CT molecular complexity index is 395. The molecule has 0 radical (unpaired) electrons. The predicted octanol–water partition coefficient (Wildman–Crippen LogP) is 3.65. The zero-order valence-corrected chi connectivity index (χ0v) is 10.7. The van der Waals surface area contributed by atoms with Gasteiger partial charge in [0.05, 0.1) is 0 Å². The van der Waals surface area contributed by atoms with Crippen LogP contribution in [0.4, 0.5) is 0 Å². The summed E-state index contributed by atoms with van der Waals surface area (Å²) in [7, 11) is 0. The fourth-order valence-electron chi connectivity index (χ4n) is 3.71. The van der Waals surface area contributed by atoms with Crippen LogP contribution in [0.15, 0.2) is 24.3 Å². The molecule has 4 bridgehead atoms. The van der Waals surface area contributed by atoms with Gasteiger partial charge in [0.1, 0.15) is 0 Å². The molecule has 2 heteroatoms. The quantitative estimate of drug-likeness (QED) is 0.641. The van der Waals surface area contributed by atoms with Crippen LogP contribution in [0.1, 0.15) is 23.0 Å². The van der Waals surface area contributed by atoms with Gasteiger partial charge in [-0.1, -0.05) is 56.1 Å². The highest BCUT2D eigenvalue weighted by Gasteiger charge is 2.69. The summed E-state index contributed by atoms with van der Waals surface area (Å²) in [6.07, 6.45) is 0. The van der Waals surface area contributed by atoms with Crippen LogP contribution >= 0.6 is 31.9 Å². The molecule has 0 spiro atoms. The summed E-state index contributed by atoms with van der Waals surface area (Å²) >= 11 is 7.77. The Hall–Kier alpha value is 0.180. The molecular weight excluding hydrogens is 304 g/mol. The van der Waals surface area contributed by atoms with Crippen LogP contribution in [-0.4, -0.2) is 9.65 Å². The van der Waals surface area contributed by atoms with Crippen molar-refractivity contribution >= 4 is 31.9 Å². The summed E-state index contributed by atoms with van der Waals surface area (Å²) in [5.41, 5.74) is 3.23. The van der Waals surface area contributed by atoms with Crippen molar-refractivity contribution in [2.75, 3.05) is 0 Å². The van der Waals surface area contributed by atoms with Gasteiger partial charge in [0.2, 0.25) is 0 Å². The molecule has 2 fully saturated rings. The van der Waals surface area contributed by atoms with E-state index in [4.69, 9.17) is 0 Å². The van der Waals surface area contributed by atoms with Crippen molar-refractivity contribution in [3.8, 4) is 0 Å². The van der Waals surface area contributed by atoms with Crippen molar-refractivity contribution < 1.29 is 0 Å². The average molecular weight is 314 g/mol. The van der Waals surface area contributed by atoms with Crippen LogP contribution in [0.5, 0.6) is 0 Å². The number of rotatable bonds is 0. The molecule has 4 unspecified atom stereocenters. The summed E-state index contributed by atoms with van der Waals surface area (Å²) in [4.78, 5) is 1.44. The van der Waals surface area contributed by atoms with Crippen molar-refractivity contribution in [3.05, 3.63) is 35.4 Å². The fourth-order valence-corrected chi connectivity index (χ4v) is 6.71. The summed E-state index contributed by atoms with van der Waals surface area (Å²) in [6.45, 7) is 0. The standard InChI is InChI=1S/C12H10Br2/c13-11-8-6-4-2-1-3-5(6)7-9(11)10(7)12(8)14/h1-4,7-12H/t7?,8?,9?,10?,11-,12+. The third-order valence-electron chi connectivity index (χ3n) is 4.27. The summed E-state index contributed by atoms with van der Waals surface area (Å²) in [6, 6.07) is 9.00. The van der Waals surface area contributed by atoms with Crippen molar-refractivity contribution in [2.45, 2.75) is 21.5 Å². The zero-order chi connectivity index (χ0) is 9.45. The Morgan fingerprint density at radius 3 is 1.86 bits per heavy atom. The minimum atomic E-state index is 0.714. The summed E-state index contributed by atoms with van der Waals surface area (Å²) in [5.74, 6) is 3.40. The number of alkyl halides is 2. The van der Waals surface area contributed by atoms with Gasteiger partial charge in [0.15, 0.2) is 0 Å². The van der Waals surface area contributed by atoms with E-state index in [0.717, 1.165) is 27.4 Å². The lowest BCUT2D eigenvalue weighted by molar-refractivity contribution is 0.580. The Morgan fingerprint density at radius 2 is 1.29 bits per heavy atom. The van der Waals surface area contributed by atoms with E-state index in [1.54, 1.807) is 11.1 Å². The van der Waals surface area contributed by atoms with Gasteiger partial charge in [-0.3, -0.25) is 0 Å². The zero-order valence-electron chi connectivity index (χ0n) is 7.53. The van der Waals surface area contributed by atoms with Gasteiger partial charge < -0.3 is 0 Å². The molecule has 6 atom stereocenters. The Kier molecular flexibility index (Phi) is 1.47. The molecule has 72 valence electrons. The lowest BCUT2D eigenvalue weighted by atomic mass is 9.79. The maximum atomic E-state index is 3.88. The van der Waals surface area contributed by atoms with Gasteiger partial charge in [-0.15, -0.1) is 0 Å². The largest absolute Gasteiger partial charge is 0.0880 e. The van der Waals surface area contributed by atoms with Gasteiger partial charge >= 0.3 is 0 Å². The molecule has 0 saturated heterocycles. The molecule has 4 aliphatic carbocycles. The average Bonchev–Trinajstić information content (AvgIpc) is 2.89. The summed E-state index contributed by atoms with van der Waals surface area (Å²) in [5, 5.41) is 0. The second-order valence-corrected chi connectivity index (χ2v) is 6.84. The maximum absolute atomic E-state index is 3.88. The molecule has 1 aromatic carbocycles.